The highest BCUT2D eigenvalue weighted by Crippen LogP contribution is 2.43. The van der Waals surface area contributed by atoms with Gasteiger partial charge in [-0.25, -0.2) is 4.79 Å². The molecule has 0 bridgehead atoms. The Morgan fingerprint density at radius 1 is 1.00 bits per heavy atom. The fourth-order valence-electron chi connectivity index (χ4n) is 3.62. The average molecular weight is 394 g/mol. The molecule has 4 rings (SSSR count). The Kier molecular flexibility index (Phi) is 5.22. The predicted octanol–water partition coefficient (Wildman–Crippen LogP) is 5.18. The summed E-state index contributed by atoms with van der Waals surface area (Å²) < 4.78 is 5.87. The summed E-state index contributed by atoms with van der Waals surface area (Å²) in [5, 5.41) is 9.82. The molecule has 0 atom stereocenters. The summed E-state index contributed by atoms with van der Waals surface area (Å²) in [5.41, 5.74) is 3.97. The second-order valence-corrected chi connectivity index (χ2v) is 7.20. The smallest absolute Gasteiger partial charge is 0.337 e. The van der Waals surface area contributed by atoms with Crippen LogP contribution >= 0.6 is 11.6 Å². The minimum atomic E-state index is -1.02. The minimum absolute atomic E-state index is 0.150. The van der Waals surface area contributed by atoms with Gasteiger partial charge >= 0.3 is 5.97 Å². The Bertz CT molecular complexity index is 948. The lowest BCUT2D eigenvalue weighted by Gasteiger charge is -2.27. The van der Waals surface area contributed by atoms with Crippen molar-refractivity contribution >= 4 is 23.3 Å². The summed E-state index contributed by atoms with van der Waals surface area (Å²) in [6, 6.07) is 22.1. The third-order valence-corrected chi connectivity index (χ3v) is 5.19. The van der Waals surface area contributed by atoms with Crippen LogP contribution in [0.3, 0.4) is 0 Å². The van der Waals surface area contributed by atoms with E-state index in [4.69, 9.17) is 16.3 Å². The van der Waals surface area contributed by atoms with E-state index >= 15 is 0 Å². The molecule has 0 unspecified atom stereocenters. The van der Waals surface area contributed by atoms with Crippen LogP contribution in [0, 0.1) is 0 Å². The van der Waals surface area contributed by atoms with Crippen molar-refractivity contribution in [2.24, 2.45) is 0 Å². The number of aromatic carboxylic acids is 1. The van der Waals surface area contributed by atoms with E-state index in [1.807, 2.05) is 36.4 Å². The van der Waals surface area contributed by atoms with E-state index in [1.54, 1.807) is 6.07 Å². The van der Waals surface area contributed by atoms with E-state index in [9.17, 15) is 9.90 Å². The zero-order valence-electron chi connectivity index (χ0n) is 15.3. The number of nitrogens with zero attached hydrogens (tertiary/aromatic N) is 1. The van der Waals surface area contributed by atoms with Gasteiger partial charge in [-0.3, -0.25) is 0 Å². The van der Waals surface area contributed by atoms with E-state index in [1.165, 1.54) is 0 Å². The number of halogens is 1. The van der Waals surface area contributed by atoms with Crippen molar-refractivity contribution in [2.45, 2.75) is 19.5 Å². The number of carbonyl (C=O) groups is 1. The molecule has 0 fully saturated rings. The van der Waals surface area contributed by atoms with Crippen LogP contribution in [-0.2, 0) is 19.5 Å². The first-order chi connectivity index (χ1) is 13.6. The lowest BCUT2D eigenvalue weighted by molar-refractivity contribution is 0.0696. The van der Waals surface area contributed by atoms with Crippen molar-refractivity contribution in [3.63, 3.8) is 0 Å². The number of hydrogen-bond donors (Lipinski definition) is 1. The zero-order chi connectivity index (χ0) is 19.5. The molecule has 3 aromatic carbocycles. The van der Waals surface area contributed by atoms with Gasteiger partial charge in [0.15, 0.2) is 0 Å². The standard InChI is InChI=1S/C23H20ClNO3/c24-19-13-20(22-18(11-12-28-22)21(19)23(26)27)25(14-16-7-3-1-4-8-16)15-17-9-5-2-6-10-17/h1-10,13H,11-12,14-15H2,(H,26,27). The molecular formula is C23H20ClNO3. The highest BCUT2D eigenvalue weighted by molar-refractivity contribution is 6.34. The summed E-state index contributed by atoms with van der Waals surface area (Å²) in [6.45, 7) is 1.79. The maximum Gasteiger partial charge on any atom is 0.337 e. The fourth-order valence-corrected chi connectivity index (χ4v) is 3.92. The molecule has 28 heavy (non-hydrogen) atoms. The molecule has 0 saturated heterocycles. The van der Waals surface area contributed by atoms with Crippen LogP contribution in [0.1, 0.15) is 27.0 Å². The minimum Gasteiger partial charge on any atom is -0.491 e. The molecule has 4 nitrogen and oxygen atoms in total. The first-order valence-corrected chi connectivity index (χ1v) is 9.55. The molecule has 5 heteroatoms. The SMILES string of the molecule is O=C(O)c1c(Cl)cc(N(Cc2ccccc2)Cc2ccccc2)c2c1CCO2. The monoisotopic (exact) mass is 393 g/mol. The van der Waals surface area contributed by atoms with E-state index < -0.39 is 5.97 Å². The van der Waals surface area contributed by atoms with Crippen LogP contribution in [0.25, 0.3) is 0 Å². The van der Waals surface area contributed by atoms with Crippen LogP contribution < -0.4 is 9.64 Å². The third kappa shape index (κ3) is 3.69. The maximum absolute atomic E-state index is 11.7. The average Bonchev–Trinajstić information content (AvgIpc) is 3.17. The van der Waals surface area contributed by atoms with E-state index in [0.717, 1.165) is 16.8 Å². The third-order valence-electron chi connectivity index (χ3n) is 4.90. The number of anilines is 1. The molecule has 0 radical (unpaired) electrons. The van der Waals surface area contributed by atoms with Gasteiger partial charge in [0.05, 0.1) is 22.9 Å². The molecule has 0 aromatic heterocycles. The lowest BCUT2D eigenvalue weighted by atomic mass is 10.0. The highest BCUT2D eigenvalue weighted by atomic mass is 35.5. The van der Waals surface area contributed by atoms with Crippen molar-refractivity contribution in [3.8, 4) is 5.75 Å². The quantitative estimate of drug-likeness (QED) is 0.626. The Balaban J connectivity index is 1.79. The molecule has 0 aliphatic carbocycles. The van der Waals surface area contributed by atoms with E-state index in [2.05, 4.69) is 29.2 Å². The Morgan fingerprint density at radius 2 is 1.57 bits per heavy atom. The van der Waals surface area contributed by atoms with E-state index in [0.29, 0.717) is 37.4 Å². The van der Waals surface area contributed by atoms with Crippen molar-refractivity contribution in [3.05, 3.63) is 94.0 Å². The summed E-state index contributed by atoms with van der Waals surface area (Å²) in [6.07, 6.45) is 0.551. The van der Waals surface area contributed by atoms with Crippen LogP contribution in [-0.4, -0.2) is 17.7 Å². The summed E-state index contributed by atoms with van der Waals surface area (Å²) in [5.74, 6) is -0.385. The van der Waals surface area contributed by atoms with Gasteiger partial charge in [0.25, 0.3) is 0 Å². The Morgan fingerprint density at radius 3 is 2.11 bits per heavy atom. The molecule has 3 aromatic rings. The number of ether oxygens (including phenoxy) is 1. The topological polar surface area (TPSA) is 49.8 Å². The largest absolute Gasteiger partial charge is 0.491 e. The zero-order valence-corrected chi connectivity index (χ0v) is 16.0. The van der Waals surface area contributed by atoms with Gasteiger partial charge in [-0.1, -0.05) is 72.3 Å². The number of carboxylic acids is 1. The first-order valence-electron chi connectivity index (χ1n) is 9.17. The predicted molar refractivity (Wildman–Crippen MR) is 110 cm³/mol. The van der Waals surface area contributed by atoms with Gasteiger partial charge in [-0.15, -0.1) is 0 Å². The van der Waals surface area contributed by atoms with Gasteiger partial charge in [0.1, 0.15) is 5.75 Å². The molecule has 1 heterocycles. The Hall–Kier alpha value is -2.98. The number of fused-ring (bicyclic) bond motifs is 1. The highest BCUT2D eigenvalue weighted by Gasteiger charge is 2.29. The number of rotatable bonds is 6. The van der Waals surface area contributed by atoms with Crippen molar-refractivity contribution in [2.75, 3.05) is 11.5 Å². The molecular weight excluding hydrogens is 374 g/mol. The molecule has 0 amide bonds. The van der Waals surface area contributed by atoms with Crippen LogP contribution in [0.5, 0.6) is 5.75 Å². The number of carboxylic acid groups (broad SMARTS) is 1. The number of benzene rings is 3. The van der Waals surface area contributed by atoms with Gasteiger partial charge in [0.2, 0.25) is 0 Å². The van der Waals surface area contributed by atoms with Crippen LogP contribution in [0.15, 0.2) is 66.7 Å². The van der Waals surface area contributed by atoms with E-state index in [-0.39, 0.29) is 10.6 Å². The van der Waals surface area contributed by atoms with Crippen molar-refractivity contribution in [1.29, 1.82) is 0 Å². The molecule has 0 spiro atoms. The van der Waals surface area contributed by atoms with Crippen molar-refractivity contribution in [1.82, 2.24) is 0 Å². The molecule has 0 saturated carbocycles. The normalized spacial score (nSPS) is 12.3. The fraction of sp³-hybridized carbons (Fsp3) is 0.174. The maximum atomic E-state index is 11.7. The molecule has 1 N–H and O–H groups in total. The second kappa shape index (κ2) is 7.95. The molecule has 142 valence electrons. The van der Waals surface area contributed by atoms with Crippen molar-refractivity contribution < 1.29 is 14.6 Å². The van der Waals surface area contributed by atoms with Gasteiger partial charge in [-0.2, -0.15) is 0 Å². The van der Waals surface area contributed by atoms with Gasteiger partial charge in [0, 0.05) is 25.1 Å². The van der Waals surface area contributed by atoms with Gasteiger partial charge in [-0.05, 0) is 17.2 Å². The lowest BCUT2D eigenvalue weighted by Crippen LogP contribution is -2.23. The first kappa shape index (κ1) is 18.4. The summed E-state index contributed by atoms with van der Waals surface area (Å²) >= 11 is 6.40. The molecule has 1 aliphatic rings. The summed E-state index contributed by atoms with van der Waals surface area (Å²) in [7, 11) is 0. The van der Waals surface area contributed by atoms with Gasteiger partial charge < -0.3 is 14.7 Å². The molecule has 1 aliphatic heterocycles. The number of hydrogen-bond acceptors (Lipinski definition) is 3. The van der Waals surface area contributed by atoms with Crippen LogP contribution in [0.4, 0.5) is 5.69 Å². The Labute approximate surface area is 168 Å². The summed E-state index contributed by atoms with van der Waals surface area (Å²) in [4.78, 5) is 13.9. The second-order valence-electron chi connectivity index (χ2n) is 6.79. The van der Waals surface area contributed by atoms with Crippen LogP contribution in [0.2, 0.25) is 5.02 Å².